The van der Waals surface area contributed by atoms with Crippen molar-refractivity contribution in [2.75, 3.05) is 0 Å². The van der Waals surface area contributed by atoms with Gasteiger partial charge in [0.1, 0.15) is 5.69 Å². The van der Waals surface area contributed by atoms with E-state index in [4.69, 9.17) is 16.3 Å². The SMILES string of the molecule is C[C@@H](Oc1ccc(-c2nn3c(C(C)(F)F)nnc3cc2Cl)cn1)C(F)(F)F. The first kappa shape index (κ1) is 19.2. The zero-order chi connectivity index (χ0) is 20.0. The van der Waals surface area contributed by atoms with Gasteiger partial charge in [0.25, 0.3) is 0 Å². The van der Waals surface area contributed by atoms with Gasteiger partial charge in [0.15, 0.2) is 11.8 Å². The number of aromatic nitrogens is 5. The monoisotopic (exact) mass is 407 g/mol. The molecule has 0 saturated heterocycles. The number of halogens is 6. The van der Waals surface area contributed by atoms with E-state index in [1.54, 1.807) is 0 Å². The standard InChI is InChI=1S/C15H11ClF5N5O/c1-7(15(19,20)21)27-11-4-3-8(6-22-11)12-9(16)5-10-23-24-13(14(2,17)18)26(10)25-12/h3-7H,1-2H3/t7-/m1/s1. The van der Waals surface area contributed by atoms with Crippen LogP contribution in [0.2, 0.25) is 5.02 Å². The van der Waals surface area contributed by atoms with Gasteiger partial charge in [-0.15, -0.1) is 10.2 Å². The van der Waals surface area contributed by atoms with Gasteiger partial charge in [0, 0.05) is 30.8 Å². The van der Waals surface area contributed by atoms with Crippen LogP contribution in [0.25, 0.3) is 16.9 Å². The summed E-state index contributed by atoms with van der Waals surface area (Å²) in [5.74, 6) is -4.23. The van der Waals surface area contributed by atoms with Crippen LogP contribution >= 0.6 is 11.6 Å². The largest absolute Gasteiger partial charge is 0.465 e. The molecule has 0 spiro atoms. The van der Waals surface area contributed by atoms with Crippen molar-refractivity contribution in [1.82, 2.24) is 24.8 Å². The van der Waals surface area contributed by atoms with Gasteiger partial charge < -0.3 is 4.74 Å². The molecule has 3 aromatic rings. The average Bonchev–Trinajstić information content (AvgIpc) is 2.97. The summed E-state index contributed by atoms with van der Waals surface area (Å²) in [5, 5.41) is 11.1. The Labute approximate surface area is 153 Å². The van der Waals surface area contributed by atoms with E-state index >= 15 is 0 Å². The second kappa shape index (κ2) is 6.55. The van der Waals surface area contributed by atoms with Gasteiger partial charge >= 0.3 is 12.1 Å². The van der Waals surface area contributed by atoms with Gasteiger partial charge in [-0.05, 0) is 13.0 Å². The number of hydrogen-bond acceptors (Lipinski definition) is 5. The van der Waals surface area contributed by atoms with Gasteiger partial charge in [-0.1, -0.05) is 11.6 Å². The molecule has 12 heteroatoms. The molecule has 0 aromatic carbocycles. The molecule has 1 atom stereocenters. The fourth-order valence-corrected chi connectivity index (χ4v) is 2.36. The van der Waals surface area contributed by atoms with Crippen LogP contribution in [0.3, 0.4) is 0 Å². The summed E-state index contributed by atoms with van der Waals surface area (Å²) in [6, 6.07) is 3.85. The van der Waals surface area contributed by atoms with Crippen molar-refractivity contribution in [2.24, 2.45) is 0 Å². The minimum Gasteiger partial charge on any atom is -0.465 e. The Morgan fingerprint density at radius 1 is 1.15 bits per heavy atom. The molecule has 6 nitrogen and oxygen atoms in total. The summed E-state index contributed by atoms with van der Waals surface area (Å²) in [6.45, 7) is 1.50. The minimum absolute atomic E-state index is 0.0205. The highest BCUT2D eigenvalue weighted by atomic mass is 35.5. The normalized spacial score (nSPS) is 13.8. The second-order valence-electron chi connectivity index (χ2n) is 5.71. The van der Waals surface area contributed by atoms with Gasteiger partial charge in [-0.25, -0.2) is 4.98 Å². The molecule has 0 unspecified atom stereocenters. The maximum absolute atomic E-state index is 13.6. The van der Waals surface area contributed by atoms with Crippen molar-refractivity contribution in [1.29, 1.82) is 0 Å². The number of ether oxygens (including phenoxy) is 1. The Balaban J connectivity index is 1.96. The summed E-state index contributed by atoms with van der Waals surface area (Å²) in [5.41, 5.74) is 0.387. The van der Waals surface area contributed by atoms with Crippen LogP contribution < -0.4 is 4.74 Å². The number of hydrogen-bond donors (Lipinski definition) is 0. The Kier molecular flexibility index (Phi) is 4.66. The van der Waals surface area contributed by atoms with Gasteiger partial charge in [-0.3, -0.25) is 0 Å². The Morgan fingerprint density at radius 2 is 1.85 bits per heavy atom. The molecule has 0 aliphatic heterocycles. The van der Waals surface area contributed by atoms with Gasteiger partial charge in [0.2, 0.25) is 11.7 Å². The lowest BCUT2D eigenvalue weighted by Gasteiger charge is -2.16. The molecule has 0 aliphatic rings. The van der Waals surface area contributed by atoms with Crippen molar-refractivity contribution in [3.63, 3.8) is 0 Å². The number of alkyl halides is 5. The van der Waals surface area contributed by atoms with Crippen LogP contribution in [-0.4, -0.2) is 37.1 Å². The van der Waals surface area contributed by atoms with Gasteiger partial charge in [-0.2, -0.15) is 31.6 Å². The lowest BCUT2D eigenvalue weighted by molar-refractivity contribution is -0.189. The molecule has 0 radical (unpaired) electrons. The first-order chi connectivity index (χ1) is 12.5. The van der Waals surface area contributed by atoms with E-state index in [0.717, 1.165) is 11.4 Å². The molecular formula is C15H11ClF5N5O. The first-order valence-electron chi connectivity index (χ1n) is 7.47. The van der Waals surface area contributed by atoms with Gasteiger partial charge in [0.05, 0.1) is 5.02 Å². The maximum atomic E-state index is 13.6. The highest BCUT2D eigenvalue weighted by Gasteiger charge is 2.38. The molecular weight excluding hydrogens is 397 g/mol. The van der Waals surface area contributed by atoms with E-state index < -0.39 is 24.0 Å². The van der Waals surface area contributed by atoms with Crippen LogP contribution in [-0.2, 0) is 5.92 Å². The third-order valence-electron chi connectivity index (χ3n) is 3.51. The van der Waals surface area contributed by atoms with Crippen LogP contribution in [0.5, 0.6) is 5.88 Å². The van der Waals surface area contributed by atoms with Crippen LogP contribution in [0.4, 0.5) is 22.0 Å². The molecule has 3 aromatic heterocycles. The molecule has 0 bridgehead atoms. The van der Waals surface area contributed by atoms with Crippen LogP contribution in [0.15, 0.2) is 24.4 Å². The summed E-state index contributed by atoms with van der Waals surface area (Å²) in [4.78, 5) is 3.78. The molecule has 0 amide bonds. The maximum Gasteiger partial charge on any atom is 0.425 e. The summed E-state index contributed by atoms with van der Waals surface area (Å²) >= 11 is 6.11. The lowest BCUT2D eigenvalue weighted by atomic mass is 10.2. The predicted octanol–water partition coefficient (Wildman–Crippen LogP) is 4.28. The molecule has 3 heterocycles. The Morgan fingerprint density at radius 3 is 2.41 bits per heavy atom. The zero-order valence-corrected chi connectivity index (χ0v) is 14.6. The highest BCUT2D eigenvalue weighted by Crippen LogP contribution is 2.31. The van der Waals surface area contributed by atoms with Crippen LogP contribution in [0.1, 0.15) is 19.7 Å². The molecule has 0 aliphatic carbocycles. The van der Waals surface area contributed by atoms with E-state index in [1.807, 2.05) is 0 Å². The average molecular weight is 408 g/mol. The first-order valence-corrected chi connectivity index (χ1v) is 7.84. The lowest BCUT2D eigenvalue weighted by Crippen LogP contribution is -2.31. The van der Waals surface area contributed by atoms with Crippen molar-refractivity contribution in [2.45, 2.75) is 32.1 Å². The Bertz CT molecular complexity index is 968. The fraction of sp³-hybridized carbons (Fsp3) is 0.333. The molecule has 0 N–H and O–H groups in total. The van der Waals surface area contributed by atoms with E-state index in [-0.39, 0.29) is 27.8 Å². The summed E-state index contributed by atoms with van der Waals surface area (Å²) in [7, 11) is 0. The van der Waals surface area contributed by atoms with Crippen molar-refractivity contribution in [3.05, 3.63) is 35.2 Å². The van der Waals surface area contributed by atoms with E-state index in [2.05, 4.69) is 20.3 Å². The molecule has 27 heavy (non-hydrogen) atoms. The fourth-order valence-electron chi connectivity index (χ4n) is 2.12. The zero-order valence-electron chi connectivity index (χ0n) is 13.8. The smallest absolute Gasteiger partial charge is 0.425 e. The minimum atomic E-state index is -4.54. The predicted molar refractivity (Wildman–Crippen MR) is 84.7 cm³/mol. The number of pyridine rings is 1. The topological polar surface area (TPSA) is 65.2 Å². The third kappa shape index (κ3) is 3.92. The van der Waals surface area contributed by atoms with E-state index in [0.29, 0.717) is 6.92 Å². The molecule has 3 rings (SSSR count). The third-order valence-corrected chi connectivity index (χ3v) is 3.80. The summed E-state index contributed by atoms with van der Waals surface area (Å²) < 4.78 is 70.3. The van der Waals surface area contributed by atoms with E-state index in [1.165, 1.54) is 24.4 Å². The summed E-state index contributed by atoms with van der Waals surface area (Å²) in [6.07, 6.45) is -5.40. The van der Waals surface area contributed by atoms with Crippen molar-refractivity contribution >= 4 is 17.2 Å². The highest BCUT2D eigenvalue weighted by molar-refractivity contribution is 6.33. The second-order valence-corrected chi connectivity index (χ2v) is 6.12. The van der Waals surface area contributed by atoms with Crippen LogP contribution in [0, 0.1) is 0 Å². The number of rotatable bonds is 4. The molecule has 0 saturated carbocycles. The van der Waals surface area contributed by atoms with E-state index in [9.17, 15) is 22.0 Å². The Hall–Kier alpha value is -2.56. The number of nitrogens with zero attached hydrogens (tertiary/aromatic N) is 5. The van der Waals surface area contributed by atoms with Crippen molar-refractivity contribution < 1.29 is 26.7 Å². The molecule has 144 valence electrons. The molecule has 0 fully saturated rings. The van der Waals surface area contributed by atoms with Crippen molar-refractivity contribution in [3.8, 4) is 17.1 Å². The quantitative estimate of drug-likeness (QED) is 0.604. The number of fused-ring (bicyclic) bond motifs is 1.